The van der Waals surface area contributed by atoms with Gasteiger partial charge in [-0.15, -0.1) is 0 Å². The Morgan fingerprint density at radius 3 is 2.56 bits per heavy atom. The van der Waals surface area contributed by atoms with Crippen molar-refractivity contribution in [3.05, 3.63) is 16.4 Å². The Morgan fingerprint density at radius 1 is 1.28 bits per heavy atom. The molecule has 0 unspecified atom stereocenters. The largest absolute Gasteiger partial charge is 0.469 e. The molecule has 0 spiro atoms. The quantitative estimate of drug-likeness (QED) is 0.489. The molecule has 2 aliphatic rings. The van der Waals surface area contributed by atoms with Crippen molar-refractivity contribution < 1.29 is 14.5 Å². The number of hydrogen-bond acceptors (Lipinski definition) is 8. The average molecular weight is 349 g/mol. The van der Waals surface area contributed by atoms with E-state index in [-0.39, 0.29) is 29.4 Å². The van der Waals surface area contributed by atoms with Gasteiger partial charge in [-0.05, 0) is 25.7 Å². The molecule has 0 aromatic carbocycles. The van der Waals surface area contributed by atoms with E-state index in [0.717, 1.165) is 25.7 Å². The Balaban J connectivity index is 1.79. The van der Waals surface area contributed by atoms with Crippen molar-refractivity contribution in [1.82, 2.24) is 9.97 Å². The van der Waals surface area contributed by atoms with E-state index in [1.54, 1.807) is 0 Å². The number of ether oxygens (including phenoxy) is 1. The first-order valence-electron chi connectivity index (χ1n) is 8.69. The number of nitrogens with zero attached hydrogens (tertiary/aromatic N) is 4. The topological polar surface area (TPSA) is 110 Å². The number of nitro groups is 1. The summed E-state index contributed by atoms with van der Waals surface area (Å²) in [7, 11) is 1.38. The van der Waals surface area contributed by atoms with Crippen molar-refractivity contribution >= 4 is 23.3 Å². The van der Waals surface area contributed by atoms with E-state index in [4.69, 9.17) is 4.74 Å². The maximum atomic E-state index is 11.7. The van der Waals surface area contributed by atoms with E-state index in [1.807, 2.05) is 4.90 Å². The van der Waals surface area contributed by atoms with Gasteiger partial charge in [-0.25, -0.2) is 9.97 Å². The summed E-state index contributed by atoms with van der Waals surface area (Å²) in [5.41, 5.74) is -0.0779. The van der Waals surface area contributed by atoms with Gasteiger partial charge in [-0.2, -0.15) is 0 Å². The summed E-state index contributed by atoms with van der Waals surface area (Å²) < 4.78 is 4.78. The van der Waals surface area contributed by atoms with Gasteiger partial charge < -0.3 is 15.0 Å². The van der Waals surface area contributed by atoms with Gasteiger partial charge in [0.05, 0.1) is 18.0 Å². The fraction of sp³-hybridized carbons (Fsp3) is 0.688. The zero-order chi connectivity index (χ0) is 17.8. The van der Waals surface area contributed by atoms with Crippen LogP contribution in [0.15, 0.2) is 6.33 Å². The number of hydrogen-bond donors (Lipinski definition) is 1. The van der Waals surface area contributed by atoms with Crippen LogP contribution in [0.1, 0.15) is 38.5 Å². The number of carbonyl (C=O) groups excluding carboxylic acids is 1. The van der Waals surface area contributed by atoms with Gasteiger partial charge in [0, 0.05) is 19.1 Å². The standard InChI is InChI=1S/C16H23N5O4/c1-25-16(22)11-6-8-20(9-7-11)15-13(21(23)24)14(17-10-18-15)19-12-4-2-3-5-12/h10-12H,2-9H2,1H3,(H,17,18,19). The van der Waals surface area contributed by atoms with Gasteiger partial charge in [-0.3, -0.25) is 14.9 Å². The van der Waals surface area contributed by atoms with E-state index >= 15 is 0 Å². The fourth-order valence-electron chi connectivity index (χ4n) is 3.63. The highest BCUT2D eigenvalue weighted by Gasteiger charge is 2.32. The van der Waals surface area contributed by atoms with Gasteiger partial charge in [0.15, 0.2) is 0 Å². The van der Waals surface area contributed by atoms with Gasteiger partial charge >= 0.3 is 11.7 Å². The second kappa shape index (κ2) is 7.62. The molecule has 1 N–H and O–H groups in total. The van der Waals surface area contributed by atoms with Crippen LogP contribution in [0.2, 0.25) is 0 Å². The van der Waals surface area contributed by atoms with E-state index in [2.05, 4.69) is 15.3 Å². The molecule has 25 heavy (non-hydrogen) atoms. The summed E-state index contributed by atoms with van der Waals surface area (Å²) in [4.78, 5) is 33.0. The highest BCUT2D eigenvalue weighted by atomic mass is 16.6. The number of aromatic nitrogens is 2. The van der Waals surface area contributed by atoms with Crippen LogP contribution in [0.4, 0.5) is 17.3 Å². The molecule has 1 aromatic rings. The molecule has 1 aliphatic heterocycles. The Morgan fingerprint density at radius 2 is 1.96 bits per heavy atom. The van der Waals surface area contributed by atoms with Gasteiger partial charge in [0.1, 0.15) is 6.33 Å². The van der Waals surface area contributed by atoms with Crippen molar-refractivity contribution in [2.75, 3.05) is 30.4 Å². The molecule has 0 bridgehead atoms. The number of esters is 1. The predicted molar refractivity (Wildman–Crippen MR) is 91.5 cm³/mol. The molecule has 136 valence electrons. The highest BCUT2D eigenvalue weighted by molar-refractivity contribution is 5.74. The first kappa shape index (κ1) is 17.4. The highest BCUT2D eigenvalue weighted by Crippen LogP contribution is 2.35. The van der Waals surface area contributed by atoms with Crippen LogP contribution in [-0.2, 0) is 9.53 Å². The van der Waals surface area contributed by atoms with Crippen LogP contribution < -0.4 is 10.2 Å². The molecule has 3 rings (SSSR count). The smallest absolute Gasteiger partial charge is 0.353 e. The van der Waals surface area contributed by atoms with Crippen LogP contribution in [0.5, 0.6) is 0 Å². The summed E-state index contributed by atoms with van der Waals surface area (Å²) >= 11 is 0. The lowest BCUT2D eigenvalue weighted by atomic mass is 9.97. The number of methoxy groups -OCH3 is 1. The van der Waals surface area contributed by atoms with Crippen molar-refractivity contribution in [2.24, 2.45) is 5.92 Å². The van der Waals surface area contributed by atoms with E-state index < -0.39 is 4.92 Å². The maximum absolute atomic E-state index is 11.7. The van der Waals surface area contributed by atoms with Crippen LogP contribution in [-0.4, -0.2) is 47.1 Å². The minimum atomic E-state index is -0.418. The average Bonchev–Trinajstić information content (AvgIpc) is 3.14. The molecule has 1 saturated heterocycles. The normalized spacial score (nSPS) is 19.0. The minimum absolute atomic E-state index is 0.0779. The molecule has 0 atom stereocenters. The number of anilines is 2. The Bertz CT molecular complexity index is 639. The van der Waals surface area contributed by atoms with Gasteiger partial charge in [0.2, 0.25) is 11.6 Å². The molecular formula is C16H23N5O4. The monoisotopic (exact) mass is 349 g/mol. The van der Waals surface area contributed by atoms with E-state index in [9.17, 15) is 14.9 Å². The van der Waals surface area contributed by atoms with E-state index in [0.29, 0.717) is 31.7 Å². The summed E-state index contributed by atoms with van der Waals surface area (Å²) in [6.45, 7) is 1.06. The van der Waals surface area contributed by atoms with Crippen molar-refractivity contribution in [3.8, 4) is 0 Å². The predicted octanol–water partition coefficient (Wildman–Crippen LogP) is 2.13. The zero-order valence-corrected chi connectivity index (χ0v) is 14.3. The number of rotatable bonds is 5. The molecule has 1 aliphatic carbocycles. The Hall–Kier alpha value is -2.45. The van der Waals surface area contributed by atoms with Crippen LogP contribution in [0.3, 0.4) is 0 Å². The van der Waals surface area contributed by atoms with Crippen LogP contribution >= 0.6 is 0 Å². The molecule has 9 heteroatoms. The lowest BCUT2D eigenvalue weighted by molar-refractivity contribution is -0.383. The van der Waals surface area contributed by atoms with Gasteiger partial charge in [-0.1, -0.05) is 12.8 Å². The number of piperidine rings is 1. The summed E-state index contributed by atoms with van der Waals surface area (Å²) in [5, 5.41) is 14.9. The molecule has 0 amide bonds. The molecule has 2 fully saturated rings. The fourth-order valence-corrected chi connectivity index (χ4v) is 3.63. The lowest BCUT2D eigenvalue weighted by Crippen LogP contribution is -2.37. The lowest BCUT2D eigenvalue weighted by Gasteiger charge is -2.31. The molecule has 2 heterocycles. The minimum Gasteiger partial charge on any atom is -0.469 e. The Kier molecular flexibility index (Phi) is 5.30. The molecule has 1 aromatic heterocycles. The van der Waals surface area contributed by atoms with E-state index in [1.165, 1.54) is 13.4 Å². The molecule has 9 nitrogen and oxygen atoms in total. The summed E-state index contributed by atoms with van der Waals surface area (Å²) in [6, 6.07) is 0.228. The summed E-state index contributed by atoms with van der Waals surface area (Å²) in [5.74, 6) is 0.236. The third kappa shape index (κ3) is 3.80. The number of carbonyl (C=O) groups is 1. The third-order valence-corrected chi connectivity index (χ3v) is 5.01. The Labute approximate surface area is 145 Å². The molecule has 0 radical (unpaired) electrons. The first-order chi connectivity index (χ1) is 12.1. The third-order valence-electron chi connectivity index (χ3n) is 5.01. The second-order valence-electron chi connectivity index (χ2n) is 6.56. The second-order valence-corrected chi connectivity index (χ2v) is 6.56. The zero-order valence-electron chi connectivity index (χ0n) is 14.3. The van der Waals surface area contributed by atoms with Gasteiger partial charge in [0.25, 0.3) is 0 Å². The van der Waals surface area contributed by atoms with Crippen molar-refractivity contribution in [3.63, 3.8) is 0 Å². The number of nitrogens with one attached hydrogen (secondary N) is 1. The van der Waals surface area contributed by atoms with Crippen LogP contribution in [0.25, 0.3) is 0 Å². The summed E-state index contributed by atoms with van der Waals surface area (Å²) in [6.07, 6.45) is 6.82. The van der Waals surface area contributed by atoms with Crippen molar-refractivity contribution in [2.45, 2.75) is 44.6 Å². The van der Waals surface area contributed by atoms with Crippen molar-refractivity contribution in [1.29, 1.82) is 0 Å². The maximum Gasteiger partial charge on any atom is 0.353 e. The van der Waals surface area contributed by atoms with Crippen LogP contribution in [0, 0.1) is 16.0 Å². The first-order valence-corrected chi connectivity index (χ1v) is 8.69. The molecular weight excluding hydrogens is 326 g/mol. The molecule has 1 saturated carbocycles. The SMILES string of the molecule is COC(=O)C1CCN(c2ncnc(NC3CCCC3)c2[N+](=O)[O-])CC1.